The standard InChI is InChI=1S/C13H16BrNO3/c14-12-3-1-2-11(10-12)4-5-13(18)15(6-8-16)7-9-17/h1-5,10,16-17H,6-9H2/b5-4+. The lowest BCUT2D eigenvalue weighted by atomic mass is 10.2. The summed E-state index contributed by atoms with van der Waals surface area (Å²) >= 11 is 3.35. The van der Waals surface area contributed by atoms with Crippen molar-refractivity contribution < 1.29 is 15.0 Å². The molecule has 0 aromatic heterocycles. The van der Waals surface area contributed by atoms with E-state index in [1.54, 1.807) is 6.08 Å². The maximum absolute atomic E-state index is 11.8. The first-order valence-electron chi connectivity index (χ1n) is 5.61. The molecule has 0 saturated carbocycles. The first-order valence-corrected chi connectivity index (χ1v) is 6.41. The maximum atomic E-state index is 11.8. The van der Waals surface area contributed by atoms with Gasteiger partial charge in [-0.15, -0.1) is 0 Å². The molecule has 0 spiro atoms. The van der Waals surface area contributed by atoms with Gasteiger partial charge in [0.1, 0.15) is 0 Å². The van der Waals surface area contributed by atoms with Crippen molar-refractivity contribution in [1.82, 2.24) is 4.90 Å². The molecule has 0 atom stereocenters. The topological polar surface area (TPSA) is 60.8 Å². The summed E-state index contributed by atoms with van der Waals surface area (Å²) < 4.78 is 0.944. The molecule has 0 bridgehead atoms. The Labute approximate surface area is 115 Å². The molecule has 0 radical (unpaired) electrons. The van der Waals surface area contributed by atoms with Crippen molar-refractivity contribution in [2.24, 2.45) is 0 Å². The smallest absolute Gasteiger partial charge is 0.246 e. The van der Waals surface area contributed by atoms with E-state index >= 15 is 0 Å². The van der Waals surface area contributed by atoms with Gasteiger partial charge in [-0.25, -0.2) is 0 Å². The molecule has 1 rings (SSSR count). The molecule has 4 nitrogen and oxygen atoms in total. The van der Waals surface area contributed by atoms with Crippen LogP contribution < -0.4 is 0 Å². The highest BCUT2D eigenvalue weighted by Crippen LogP contribution is 2.12. The summed E-state index contributed by atoms with van der Waals surface area (Å²) in [5, 5.41) is 17.7. The summed E-state index contributed by atoms with van der Waals surface area (Å²) in [5.41, 5.74) is 0.908. The maximum Gasteiger partial charge on any atom is 0.246 e. The number of aliphatic hydroxyl groups is 2. The van der Waals surface area contributed by atoms with E-state index in [4.69, 9.17) is 10.2 Å². The molecule has 18 heavy (non-hydrogen) atoms. The van der Waals surface area contributed by atoms with Crippen LogP contribution in [0.2, 0.25) is 0 Å². The second-order valence-electron chi connectivity index (χ2n) is 3.66. The lowest BCUT2D eigenvalue weighted by Crippen LogP contribution is -2.34. The van der Waals surface area contributed by atoms with Gasteiger partial charge in [0.25, 0.3) is 0 Å². The highest BCUT2D eigenvalue weighted by Gasteiger charge is 2.08. The minimum atomic E-state index is -0.224. The molecular weight excluding hydrogens is 298 g/mol. The van der Waals surface area contributed by atoms with Crippen molar-refractivity contribution in [3.05, 3.63) is 40.4 Å². The van der Waals surface area contributed by atoms with E-state index in [9.17, 15) is 4.79 Å². The molecule has 1 amide bonds. The molecule has 1 aromatic rings. The van der Waals surface area contributed by atoms with Gasteiger partial charge in [-0.1, -0.05) is 28.1 Å². The monoisotopic (exact) mass is 313 g/mol. The van der Waals surface area contributed by atoms with Crippen LogP contribution in [-0.4, -0.2) is 47.3 Å². The Morgan fingerprint density at radius 1 is 1.28 bits per heavy atom. The fourth-order valence-corrected chi connectivity index (χ4v) is 1.87. The Morgan fingerprint density at radius 2 is 1.94 bits per heavy atom. The van der Waals surface area contributed by atoms with E-state index < -0.39 is 0 Å². The van der Waals surface area contributed by atoms with Gasteiger partial charge in [0.15, 0.2) is 0 Å². The predicted molar refractivity (Wildman–Crippen MR) is 73.9 cm³/mol. The van der Waals surface area contributed by atoms with E-state index in [0.29, 0.717) is 0 Å². The lowest BCUT2D eigenvalue weighted by Gasteiger charge is -2.18. The fourth-order valence-electron chi connectivity index (χ4n) is 1.46. The van der Waals surface area contributed by atoms with Gasteiger partial charge in [-0.3, -0.25) is 4.79 Å². The highest BCUT2D eigenvalue weighted by molar-refractivity contribution is 9.10. The van der Waals surface area contributed by atoms with Crippen LogP contribution in [0.5, 0.6) is 0 Å². The van der Waals surface area contributed by atoms with E-state index in [2.05, 4.69) is 15.9 Å². The second kappa shape index (κ2) is 8.02. The molecule has 0 aliphatic rings. The minimum Gasteiger partial charge on any atom is -0.395 e. The Kier molecular flexibility index (Phi) is 6.64. The number of nitrogens with zero attached hydrogens (tertiary/aromatic N) is 1. The van der Waals surface area contributed by atoms with Crippen LogP contribution >= 0.6 is 15.9 Å². The van der Waals surface area contributed by atoms with E-state index in [1.807, 2.05) is 24.3 Å². The average molecular weight is 314 g/mol. The zero-order chi connectivity index (χ0) is 13.4. The van der Waals surface area contributed by atoms with Crippen molar-refractivity contribution in [3.8, 4) is 0 Å². The number of benzene rings is 1. The molecule has 2 N–H and O–H groups in total. The van der Waals surface area contributed by atoms with Gasteiger partial charge in [0.2, 0.25) is 5.91 Å². The summed E-state index contributed by atoms with van der Waals surface area (Å²) in [6, 6.07) is 7.57. The second-order valence-corrected chi connectivity index (χ2v) is 4.58. The molecule has 0 unspecified atom stereocenters. The van der Waals surface area contributed by atoms with Crippen molar-refractivity contribution in [2.45, 2.75) is 0 Å². The third-order valence-corrected chi connectivity index (χ3v) is 2.81. The molecule has 5 heteroatoms. The Morgan fingerprint density at radius 3 is 2.50 bits per heavy atom. The van der Waals surface area contributed by atoms with Gasteiger partial charge >= 0.3 is 0 Å². The number of halogens is 1. The molecule has 0 heterocycles. The van der Waals surface area contributed by atoms with Gasteiger partial charge in [-0.2, -0.15) is 0 Å². The van der Waals surface area contributed by atoms with Crippen molar-refractivity contribution in [3.63, 3.8) is 0 Å². The van der Waals surface area contributed by atoms with Crippen LogP contribution in [0.25, 0.3) is 6.08 Å². The number of aliphatic hydroxyl groups excluding tert-OH is 2. The lowest BCUT2D eigenvalue weighted by molar-refractivity contribution is -0.126. The van der Waals surface area contributed by atoms with Crippen LogP contribution in [0.15, 0.2) is 34.8 Å². The first kappa shape index (κ1) is 14.9. The van der Waals surface area contributed by atoms with Crippen molar-refractivity contribution in [2.75, 3.05) is 26.3 Å². The third kappa shape index (κ3) is 5.00. The fraction of sp³-hybridized carbons (Fsp3) is 0.308. The number of carbonyl (C=O) groups is 1. The first-order chi connectivity index (χ1) is 8.67. The third-order valence-electron chi connectivity index (χ3n) is 2.32. The molecule has 0 aliphatic heterocycles. The highest BCUT2D eigenvalue weighted by atomic mass is 79.9. The van der Waals surface area contributed by atoms with Crippen LogP contribution in [0.3, 0.4) is 0 Å². The molecule has 98 valence electrons. The SMILES string of the molecule is O=C(/C=C/c1cccc(Br)c1)N(CCO)CCO. The number of amides is 1. The van der Waals surface area contributed by atoms with Gasteiger partial charge in [0, 0.05) is 23.6 Å². The zero-order valence-corrected chi connectivity index (χ0v) is 11.5. The molecular formula is C13H16BrNO3. The predicted octanol–water partition coefficient (Wildman–Crippen LogP) is 1.28. The Hall–Kier alpha value is -1.17. The molecule has 0 fully saturated rings. The summed E-state index contributed by atoms with van der Waals surface area (Å²) in [7, 11) is 0. The van der Waals surface area contributed by atoms with Crippen LogP contribution in [-0.2, 0) is 4.79 Å². The summed E-state index contributed by atoms with van der Waals surface area (Å²) in [6.07, 6.45) is 3.14. The van der Waals surface area contributed by atoms with Crippen molar-refractivity contribution >= 4 is 27.9 Å². The zero-order valence-electron chi connectivity index (χ0n) is 9.92. The van der Waals surface area contributed by atoms with Crippen LogP contribution in [0.4, 0.5) is 0 Å². The molecule has 0 saturated heterocycles. The largest absolute Gasteiger partial charge is 0.395 e. The number of hydrogen-bond acceptors (Lipinski definition) is 3. The van der Waals surface area contributed by atoms with Crippen LogP contribution in [0.1, 0.15) is 5.56 Å². The molecule has 1 aromatic carbocycles. The number of carbonyl (C=O) groups excluding carboxylic acids is 1. The quantitative estimate of drug-likeness (QED) is 0.778. The number of rotatable bonds is 6. The van der Waals surface area contributed by atoms with E-state index in [1.165, 1.54) is 11.0 Å². The summed E-state index contributed by atoms with van der Waals surface area (Å²) in [6.45, 7) is 0.220. The normalized spacial score (nSPS) is 10.8. The van der Waals surface area contributed by atoms with Crippen LogP contribution in [0, 0.1) is 0 Å². The summed E-state index contributed by atoms with van der Waals surface area (Å²) in [4.78, 5) is 13.2. The average Bonchev–Trinajstić information content (AvgIpc) is 2.36. The minimum absolute atomic E-state index is 0.115. The Balaban J connectivity index is 2.67. The van der Waals surface area contributed by atoms with Gasteiger partial charge in [0.05, 0.1) is 13.2 Å². The Bertz CT molecular complexity index is 414. The van der Waals surface area contributed by atoms with Gasteiger partial charge < -0.3 is 15.1 Å². The van der Waals surface area contributed by atoms with Gasteiger partial charge in [-0.05, 0) is 23.8 Å². The van der Waals surface area contributed by atoms with E-state index in [-0.39, 0.29) is 32.2 Å². The number of hydrogen-bond donors (Lipinski definition) is 2. The summed E-state index contributed by atoms with van der Waals surface area (Å²) in [5.74, 6) is -0.224. The van der Waals surface area contributed by atoms with Crippen molar-refractivity contribution in [1.29, 1.82) is 0 Å². The van der Waals surface area contributed by atoms with E-state index in [0.717, 1.165) is 10.0 Å². The molecule has 0 aliphatic carbocycles.